The van der Waals surface area contributed by atoms with Gasteiger partial charge in [0.15, 0.2) is 0 Å². The molecule has 2 atom stereocenters. The molecule has 1 aromatic carbocycles. The second-order valence-corrected chi connectivity index (χ2v) is 9.81. The normalized spacial score (nSPS) is 19.8. The molecule has 9 heteroatoms. The van der Waals surface area contributed by atoms with Gasteiger partial charge in [-0.25, -0.2) is 4.79 Å². The van der Waals surface area contributed by atoms with Crippen LogP contribution >= 0.6 is 7.37 Å². The molecular weight excluding hydrogens is 394 g/mol. The Balaban J connectivity index is 2.12. The van der Waals surface area contributed by atoms with E-state index in [-0.39, 0.29) is 17.1 Å². The number of aliphatic carboxylic acids is 1. The molecular formula is C19H25F3NO4P. The Kier molecular flexibility index (Phi) is 7.48. The SMILES string of the molecule is NC(CC1CCCCC1)P(=O)(O)C/C(=C/c1ccc(C(F)(F)F)cc1)C(=O)O. The van der Waals surface area contributed by atoms with Crippen LogP contribution in [0.25, 0.3) is 6.08 Å². The second kappa shape index (κ2) is 9.25. The van der Waals surface area contributed by atoms with Gasteiger partial charge in [0.1, 0.15) is 0 Å². The van der Waals surface area contributed by atoms with E-state index in [2.05, 4.69) is 0 Å². The molecule has 5 nitrogen and oxygen atoms in total. The van der Waals surface area contributed by atoms with Crippen molar-refractivity contribution in [2.45, 2.75) is 50.5 Å². The van der Waals surface area contributed by atoms with Gasteiger partial charge in [0.05, 0.1) is 17.5 Å². The van der Waals surface area contributed by atoms with Crippen LogP contribution in [0.2, 0.25) is 0 Å². The van der Waals surface area contributed by atoms with Gasteiger partial charge in [0.25, 0.3) is 0 Å². The number of rotatable bonds is 7. The van der Waals surface area contributed by atoms with Crippen LogP contribution in [0.1, 0.15) is 49.7 Å². The lowest BCUT2D eigenvalue weighted by molar-refractivity contribution is -0.137. The number of carbonyl (C=O) groups is 1. The molecule has 0 saturated heterocycles. The van der Waals surface area contributed by atoms with Gasteiger partial charge in [-0.2, -0.15) is 13.2 Å². The Morgan fingerprint density at radius 1 is 1.21 bits per heavy atom. The van der Waals surface area contributed by atoms with Crippen LogP contribution in [0.5, 0.6) is 0 Å². The predicted molar refractivity (Wildman–Crippen MR) is 101 cm³/mol. The van der Waals surface area contributed by atoms with Crippen LogP contribution in [-0.4, -0.2) is 27.9 Å². The molecule has 0 bridgehead atoms. The molecule has 0 heterocycles. The molecule has 0 spiro atoms. The van der Waals surface area contributed by atoms with Crippen LogP contribution in [0.4, 0.5) is 13.2 Å². The highest BCUT2D eigenvalue weighted by molar-refractivity contribution is 7.59. The number of halogens is 3. The van der Waals surface area contributed by atoms with Crippen LogP contribution < -0.4 is 5.73 Å². The quantitative estimate of drug-likeness (QED) is 0.439. The fraction of sp³-hybridized carbons (Fsp3) is 0.526. The number of benzene rings is 1. The monoisotopic (exact) mass is 419 g/mol. The van der Waals surface area contributed by atoms with Crippen molar-refractivity contribution in [1.82, 2.24) is 0 Å². The minimum absolute atomic E-state index is 0.200. The summed E-state index contributed by atoms with van der Waals surface area (Å²) in [7, 11) is -3.98. The Labute approximate surface area is 161 Å². The number of carboxylic acids is 1. The van der Waals surface area contributed by atoms with Crippen molar-refractivity contribution < 1.29 is 32.5 Å². The van der Waals surface area contributed by atoms with Gasteiger partial charge in [0, 0.05) is 5.57 Å². The lowest BCUT2D eigenvalue weighted by atomic mass is 9.87. The van der Waals surface area contributed by atoms with Crippen molar-refractivity contribution >= 4 is 19.4 Å². The zero-order valence-electron chi connectivity index (χ0n) is 15.4. The summed E-state index contributed by atoms with van der Waals surface area (Å²) < 4.78 is 50.5. The maximum atomic E-state index is 12.7. The molecule has 28 heavy (non-hydrogen) atoms. The van der Waals surface area contributed by atoms with E-state index in [0.717, 1.165) is 62.4 Å². The summed E-state index contributed by atoms with van der Waals surface area (Å²) in [5.74, 6) is -2.17. The number of alkyl halides is 3. The molecule has 156 valence electrons. The highest BCUT2D eigenvalue weighted by Gasteiger charge is 2.33. The summed E-state index contributed by atoms with van der Waals surface area (Å²) in [6, 6.07) is 3.91. The van der Waals surface area contributed by atoms with Gasteiger partial charge in [0.2, 0.25) is 7.37 Å². The lowest BCUT2D eigenvalue weighted by Crippen LogP contribution is -2.27. The fourth-order valence-electron chi connectivity index (χ4n) is 3.43. The first-order chi connectivity index (χ1) is 13.0. The van der Waals surface area contributed by atoms with Gasteiger partial charge >= 0.3 is 12.1 Å². The van der Waals surface area contributed by atoms with E-state index in [1.807, 2.05) is 0 Å². The maximum Gasteiger partial charge on any atom is 0.416 e. The van der Waals surface area contributed by atoms with E-state index >= 15 is 0 Å². The average Bonchev–Trinajstić information content (AvgIpc) is 2.61. The lowest BCUT2D eigenvalue weighted by Gasteiger charge is -2.27. The molecule has 0 aromatic heterocycles. The highest BCUT2D eigenvalue weighted by atomic mass is 31.2. The van der Waals surface area contributed by atoms with E-state index in [0.29, 0.717) is 6.42 Å². The van der Waals surface area contributed by atoms with E-state index in [1.54, 1.807) is 0 Å². The largest absolute Gasteiger partial charge is 0.478 e. The second-order valence-electron chi connectivity index (χ2n) is 7.32. The van der Waals surface area contributed by atoms with Crippen LogP contribution in [0, 0.1) is 5.92 Å². The van der Waals surface area contributed by atoms with Gasteiger partial charge in [-0.15, -0.1) is 0 Å². The Bertz CT molecular complexity index is 755. The van der Waals surface area contributed by atoms with Gasteiger partial charge < -0.3 is 15.7 Å². The third-order valence-electron chi connectivity index (χ3n) is 5.07. The van der Waals surface area contributed by atoms with Gasteiger partial charge in [-0.3, -0.25) is 4.57 Å². The predicted octanol–water partition coefficient (Wildman–Crippen LogP) is 4.70. The minimum Gasteiger partial charge on any atom is -0.478 e. The van der Waals surface area contributed by atoms with E-state index in [9.17, 15) is 32.5 Å². The van der Waals surface area contributed by atoms with Crippen molar-refractivity contribution in [3.05, 3.63) is 41.0 Å². The third kappa shape index (κ3) is 6.47. The average molecular weight is 419 g/mol. The molecule has 1 aliphatic rings. The van der Waals surface area contributed by atoms with Crippen LogP contribution in [-0.2, 0) is 15.5 Å². The maximum absolute atomic E-state index is 12.7. The Morgan fingerprint density at radius 2 is 1.79 bits per heavy atom. The molecule has 1 fully saturated rings. The van der Waals surface area contributed by atoms with Crippen molar-refractivity contribution in [3.8, 4) is 0 Å². The van der Waals surface area contributed by atoms with Crippen LogP contribution in [0.3, 0.4) is 0 Å². The van der Waals surface area contributed by atoms with E-state index < -0.39 is 37.0 Å². The minimum atomic E-state index is -4.50. The first-order valence-electron chi connectivity index (χ1n) is 9.17. The molecule has 4 N–H and O–H groups in total. The summed E-state index contributed by atoms with van der Waals surface area (Å²) in [5.41, 5.74) is 4.92. The number of hydrogen-bond donors (Lipinski definition) is 3. The van der Waals surface area contributed by atoms with Gasteiger partial charge in [-0.1, -0.05) is 44.2 Å². The molecule has 1 saturated carbocycles. The first kappa shape index (κ1) is 22.7. The van der Waals surface area contributed by atoms with E-state index in [1.165, 1.54) is 0 Å². The number of hydrogen-bond acceptors (Lipinski definition) is 3. The topological polar surface area (TPSA) is 101 Å². The highest BCUT2D eigenvalue weighted by Crippen LogP contribution is 2.49. The van der Waals surface area contributed by atoms with Crippen LogP contribution in [0.15, 0.2) is 29.8 Å². The smallest absolute Gasteiger partial charge is 0.416 e. The summed E-state index contributed by atoms with van der Waals surface area (Å²) in [6.45, 7) is 0. The Hall–Kier alpha value is -1.63. The summed E-state index contributed by atoms with van der Waals surface area (Å²) in [4.78, 5) is 21.8. The molecule has 0 amide bonds. The van der Waals surface area contributed by atoms with Crippen molar-refractivity contribution in [1.29, 1.82) is 0 Å². The third-order valence-corrected chi connectivity index (χ3v) is 7.11. The fourth-order valence-corrected chi connectivity index (χ4v) is 5.01. The van der Waals surface area contributed by atoms with Crippen molar-refractivity contribution in [2.24, 2.45) is 11.7 Å². The molecule has 2 unspecified atom stereocenters. The molecule has 0 radical (unpaired) electrons. The number of nitrogens with two attached hydrogens (primary N) is 1. The first-order valence-corrected chi connectivity index (χ1v) is 11.1. The van der Waals surface area contributed by atoms with Crippen molar-refractivity contribution in [2.75, 3.05) is 6.16 Å². The number of carboxylic acid groups (broad SMARTS) is 1. The molecule has 1 aliphatic carbocycles. The summed E-state index contributed by atoms with van der Waals surface area (Å²) >= 11 is 0. The van der Waals surface area contributed by atoms with Crippen molar-refractivity contribution in [3.63, 3.8) is 0 Å². The zero-order valence-corrected chi connectivity index (χ0v) is 16.3. The molecule has 2 rings (SSSR count). The summed E-state index contributed by atoms with van der Waals surface area (Å²) in [6.07, 6.45) is 1.49. The molecule has 0 aliphatic heterocycles. The zero-order chi connectivity index (χ0) is 20.9. The molecule has 1 aromatic rings. The van der Waals surface area contributed by atoms with Gasteiger partial charge in [-0.05, 0) is 36.1 Å². The summed E-state index contributed by atoms with van der Waals surface area (Å²) in [5, 5.41) is 9.36. The Morgan fingerprint density at radius 3 is 2.29 bits per heavy atom. The van der Waals surface area contributed by atoms with E-state index in [4.69, 9.17) is 5.73 Å². The standard InChI is InChI=1S/C19H25F3NO4P/c20-19(21,22)16-8-6-14(7-9-16)10-15(18(24)25)12-28(26,27)17(23)11-13-4-2-1-3-5-13/h6-10,13,17H,1-5,11-12,23H2,(H,24,25)(H,26,27)/b15-10-.